The van der Waals surface area contributed by atoms with E-state index >= 15 is 0 Å². The monoisotopic (exact) mass is 746 g/mol. The fourth-order valence-corrected chi connectivity index (χ4v) is 8.41. The van der Waals surface area contributed by atoms with Crippen LogP contribution in [0.15, 0.2) is 108 Å². The third-order valence-corrected chi connectivity index (χ3v) is 11.5. The normalized spacial score (nSPS) is 13.6. The molecule has 12 heteroatoms. The molecule has 0 aliphatic carbocycles. The number of H-pyrrole nitrogens is 1. The third kappa shape index (κ3) is 9.40. The van der Waals surface area contributed by atoms with E-state index in [1.54, 1.807) is 6.07 Å². The van der Waals surface area contributed by atoms with Crippen LogP contribution in [0.1, 0.15) is 38.5 Å². The van der Waals surface area contributed by atoms with Crippen LogP contribution >= 0.6 is 22.7 Å². The summed E-state index contributed by atoms with van der Waals surface area (Å²) >= 11 is 2.57. The number of piperidine rings is 1. The van der Waals surface area contributed by atoms with Crippen molar-refractivity contribution in [2.45, 2.75) is 38.3 Å². The van der Waals surface area contributed by atoms with Crippen LogP contribution < -0.4 is 26.1 Å². The van der Waals surface area contributed by atoms with Crippen molar-refractivity contribution in [3.63, 3.8) is 0 Å². The minimum atomic E-state index is -0.181. The quantitative estimate of drug-likeness (QED) is 0.0680. The number of amides is 3. The molecule has 1 saturated heterocycles. The van der Waals surface area contributed by atoms with Crippen molar-refractivity contribution in [3.8, 4) is 16.9 Å². The highest BCUT2D eigenvalue weighted by Gasteiger charge is 2.21. The summed E-state index contributed by atoms with van der Waals surface area (Å²) in [7, 11) is 0. The van der Waals surface area contributed by atoms with Gasteiger partial charge in [0.15, 0.2) is 0 Å². The van der Waals surface area contributed by atoms with Gasteiger partial charge in [0.2, 0.25) is 0 Å². The number of thiazole rings is 1. The lowest BCUT2D eigenvalue weighted by Crippen LogP contribution is -2.46. The molecule has 4 aromatic carbocycles. The molecular formula is C41H42N6O4S2. The molecule has 272 valence electrons. The zero-order valence-electron chi connectivity index (χ0n) is 29.2. The van der Waals surface area contributed by atoms with Gasteiger partial charge in [0.25, 0.3) is 5.91 Å². The lowest BCUT2D eigenvalue weighted by molar-refractivity contribution is 0.103. The molecule has 3 amide bonds. The number of hydrogen-bond acceptors (Lipinski definition) is 8. The molecule has 7 rings (SSSR count). The van der Waals surface area contributed by atoms with E-state index in [-0.39, 0.29) is 28.6 Å². The zero-order valence-corrected chi connectivity index (χ0v) is 30.8. The molecule has 0 bridgehead atoms. The van der Waals surface area contributed by atoms with Gasteiger partial charge >= 0.3 is 10.9 Å². The Hall–Kier alpha value is -5.27. The maximum atomic E-state index is 13.0. The predicted molar refractivity (Wildman–Crippen MR) is 215 cm³/mol. The number of phenolic OH excluding ortho intramolecular Hbond substituents is 1. The molecule has 3 heterocycles. The first-order chi connectivity index (χ1) is 25.9. The second kappa shape index (κ2) is 17.0. The van der Waals surface area contributed by atoms with Gasteiger partial charge in [-0.05, 0) is 85.3 Å². The van der Waals surface area contributed by atoms with Gasteiger partial charge in [-0.1, -0.05) is 78.1 Å². The number of benzene rings is 4. The molecule has 0 spiro atoms. The molecule has 10 nitrogen and oxygen atoms in total. The number of likely N-dealkylation sites (tertiary alicyclic amines) is 1. The van der Waals surface area contributed by atoms with Crippen LogP contribution in [-0.4, -0.2) is 59.1 Å². The Bertz CT molecular complexity index is 2220. The largest absolute Gasteiger partial charge is 0.506 e. The summed E-state index contributed by atoms with van der Waals surface area (Å²) in [5.74, 6) is -0.0491. The Kier molecular flexibility index (Phi) is 11.6. The lowest BCUT2D eigenvalue weighted by Gasteiger charge is -2.32. The maximum Gasteiger partial charge on any atom is 0.319 e. The van der Waals surface area contributed by atoms with Gasteiger partial charge in [-0.25, -0.2) is 4.79 Å². The Morgan fingerprint density at radius 3 is 2.42 bits per heavy atom. The molecule has 0 atom stereocenters. The van der Waals surface area contributed by atoms with E-state index in [2.05, 4.69) is 43.3 Å². The molecule has 53 heavy (non-hydrogen) atoms. The van der Waals surface area contributed by atoms with Crippen molar-refractivity contribution in [2.75, 3.05) is 36.8 Å². The number of aromatic nitrogens is 1. The van der Waals surface area contributed by atoms with Gasteiger partial charge in [-0.15, -0.1) is 11.3 Å². The molecule has 6 N–H and O–H groups in total. The molecule has 2 aromatic heterocycles. The van der Waals surface area contributed by atoms with Crippen LogP contribution in [0.25, 0.3) is 21.3 Å². The molecule has 6 aromatic rings. The number of carbonyl (C=O) groups is 2. The van der Waals surface area contributed by atoms with Crippen LogP contribution in [0, 0.1) is 0 Å². The first kappa shape index (κ1) is 36.1. The van der Waals surface area contributed by atoms with E-state index in [0.29, 0.717) is 29.9 Å². The fraction of sp³-hybridized carbons (Fsp3) is 0.244. The number of urea groups is 1. The standard InChI is InChI=1S/C41H42N6O4S2/c48-35-16-12-29(38-37(35)46-41(51)53-38)18-22-42-26-32-15-17-36(52-32)39(49)43-30-13-10-27(11-14-30)19-23-47-24-20-31(21-25-47)44-40(50)45-34-9-5-4-8-33(34)28-6-2-1-3-7-28/h1-17,31,42,48H,18-26H2,(H,43,49)(H,46,51)(H2,44,45,50). The third-order valence-electron chi connectivity index (χ3n) is 9.51. The average Bonchev–Trinajstić information content (AvgIpc) is 3.82. The number of thiophene rings is 1. The van der Waals surface area contributed by atoms with Crippen molar-refractivity contribution in [2.24, 2.45) is 0 Å². The summed E-state index contributed by atoms with van der Waals surface area (Å²) in [5.41, 5.74) is 6.33. The second-order valence-corrected chi connectivity index (χ2v) is 15.3. The Labute approximate surface area is 315 Å². The Balaban J connectivity index is 0.802. The number of aromatic hydroxyl groups is 1. The smallest absolute Gasteiger partial charge is 0.319 e. The fourth-order valence-electron chi connectivity index (χ4n) is 6.64. The average molecular weight is 747 g/mol. The van der Waals surface area contributed by atoms with E-state index in [0.717, 1.165) is 87.9 Å². The van der Waals surface area contributed by atoms with Crippen LogP contribution in [0.2, 0.25) is 0 Å². The summed E-state index contributed by atoms with van der Waals surface area (Å²) in [6.07, 6.45) is 3.43. The lowest BCUT2D eigenvalue weighted by atomic mass is 10.0. The van der Waals surface area contributed by atoms with Crippen LogP contribution in [0.5, 0.6) is 5.75 Å². The number of aromatic amines is 1. The first-order valence-corrected chi connectivity index (χ1v) is 19.5. The number of nitrogens with one attached hydrogen (secondary N) is 5. The van der Waals surface area contributed by atoms with E-state index in [1.807, 2.05) is 84.9 Å². The summed E-state index contributed by atoms with van der Waals surface area (Å²) in [4.78, 5) is 44.3. The number of anilines is 2. The molecular weight excluding hydrogens is 705 g/mol. The van der Waals surface area contributed by atoms with Crippen molar-refractivity contribution in [3.05, 3.63) is 134 Å². The van der Waals surface area contributed by atoms with Crippen LogP contribution in [0.4, 0.5) is 16.2 Å². The van der Waals surface area contributed by atoms with E-state index < -0.39 is 0 Å². The highest BCUT2D eigenvalue weighted by molar-refractivity contribution is 7.16. The summed E-state index contributed by atoms with van der Waals surface area (Å²) in [5, 5.41) is 22.7. The second-order valence-electron chi connectivity index (χ2n) is 13.2. The summed E-state index contributed by atoms with van der Waals surface area (Å²) in [6.45, 7) is 4.12. The number of nitrogens with zero attached hydrogens (tertiary/aromatic N) is 1. The van der Waals surface area contributed by atoms with Gasteiger partial charge in [0, 0.05) is 48.3 Å². The number of carbonyl (C=O) groups excluding carboxylic acids is 2. The van der Waals surface area contributed by atoms with E-state index in [9.17, 15) is 19.5 Å². The van der Waals surface area contributed by atoms with Gasteiger partial charge in [0.1, 0.15) is 11.3 Å². The van der Waals surface area contributed by atoms with Crippen molar-refractivity contribution < 1.29 is 14.7 Å². The number of rotatable bonds is 13. The number of para-hydroxylation sites is 1. The van der Waals surface area contributed by atoms with Crippen molar-refractivity contribution in [1.29, 1.82) is 0 Å². The van der Waals surface area contributed by atoms with Gasteiger partial charge in [0.05, 0.1) is 15.3 Å². The van der Waals surface area contributed by atoms with Gasteiger partial charge in [-0.3, -0.25) is 9.59 Å². The van der Waals surface area contributed by atoms with Crippen LogP contribution in [-0.2, 0) is 19.4 Å². The maximum absolute atomic E-state index is 13.0. The highest BCUT2D eigenvalue weighted by atomic mass is 32.1. The summed E-state index contributed by atoms with van der Waals surface area (Å²) in [6, 6.07) is 33.2. The number of hydrogen-bond donors (Lipinski definition) is 6. The molecule has 0 unspecified atom stereocenters. The minimum Gasteiger partial charge on any atom is -0.506 e. The Morgan fingerprint density at radius 2 is 1.60 bits per heavy atom. The van der Waals surface area contributed by atoms with E-state index in [1.165, 1.54) is 16.9 Å². The first-order valence-electron chi connectivity index (χ1n) is 17.9. The van der Waals surface area contributed by atoms with Crippen LogP contribution in [0.3, 0.4) is 0 Å². The predicted octanol–water partition coefficient (Wildman–Crippen LogP) is 7.44. The minimum absolute atomic E-state index is 0.0820. The number of phenols is 1. The molecule has 0 radical (unpaired) electrons. The Morgan fingerprint density at radius 1 is 0.830 bits per heavy atom. The van der Waals surface area contributed by atoms with Crippen molar-refractivity contribution in [1.82, 2.24) is 20.5 Å². The molecule has 1 aliphatic heterocycles. The molecule has 1 fully saturated rings. The van der Waals surface area contributed by atoms with Gasteiger partial charge < -0.3 is 36.3 Å². The SMILES string of the molecule is O=C(Nc1ccccc1-c1ccccc1)NC1CCN(CCc2ccc(NC(=O)c3ccc(CNCCc4ccc(O)c5[nH]c(=O)sc45)s3)cc2)CC1. The topological polar surface area (TPSA) is 139 Å². The van der Waals surface area contributed by atoms with Crippen molar-refractivity contribution >= 4 is 56.2 Å². The highest BCUT2D eigenvalue weighted by Crippen LogP contribution is 2.29. The number of fused-ring (bicyclic) bond motifs is 1. The van der Waals surface area contributed by atoms with Gasteiger partial charge in [-0.2, -0.15) is 0 Å². The zero-order chi connectivity index (χ0) is 36.6. The molecule has 0 saturated carbocycles. The molecule has 1 aliphatic rings. The van der Waals surface area contributed by atoms with E-state index in [4.69, 9.17) is 0 Å². The summed E-state index contributed by atoms with van der Waals surface area (Å²) < 4.78 is 0.787.